The lowest BCUT2D eigenvalue weighted by Crippen LogP contribution is -2.30. The minimum atomic E-state index is 0.333. The molecule has 128 valence electrons. The van der Waals surface area contributed by atoms with Crippen LogP contribution in [0.2, 0.25) is 0 Å². The van der Waals surface area contributed by atoms with Crippen LogP contribution in [0.4, 0.5) is 0 Å². The maximum Gasteiger partial charge on any atom is 0.209 e. The van der Waals surface area contributed by atoms with Crippen LogP contribution in [0.3, 0.4) is 0 Å². The van der Waals surface area contributed by atoms with Crippen LogP contribution in [-0.2, 0) is 0 Å². The van der Waals surface area contributed by atoms with Crippen molar-refractivity contribution in [3.63, 3.8) is 0 Å². The fourth-order valence-corrected chi connectivity index (χ4v) is 2.88. The van der Waals surface area contributed by atoms with Crippen LogP contribution in [0.1, 0.15) is 58.3 Å². The van der Waals surface area contributed by atoms with Crippen LogP contribution >= 0.6 is 0 Å². The Labute approximate surface area is 137 Å². The van der Waals surface area contributed by atoms with E-state index in [0.717, 1.165) is 25.7 Å². The van der Waals surface area contributed by atoms with Gasteiger partial charge in [-0.3, -0.25) is 0 Å². The predicted molar refractivity (Wildman–Crippen MR) is 95.6 cm³/mol. The van der Waals surface area contributed by atoms with Crippen molar-refractivity contribution in [1.29, 1.82) is 0 Å². The van der Waals surface area contributed by atoms with Gasteiger partial charge in [0.1, 0.15) is 0 Å². The largest absolute Gasteiger partial charge is 0.369 e. The first kappa shape index (κ1) is 17.2. The second kappa shape index (κ2) is 9.12. The van der Waals surface area contributed by atoms with Crippen molar-refractivity contribution in [2.45, 2.75) is 70.4 Å². The maximum absolute atomic E-state index is 5.80. The smallest absolute Gasteiger partial charge is 0.209 e. The van der Waals surface area contributed by atoms with E-state index < -0.39 is 0 Å². The summed E-state index contributed by atoms with van der Waals surface area (Å²) >= 11 is 0. The van der Waals surface area contributed by atoms with Gasteiger partial charge in [-0.1, -0.05) is 25.7 Å². The molecule has 0 unspecified atom stereocenters. The lowest BCUT2D eigenvalue weighted by atomic mass is 10.3. The Balaban J connectivity index is 1.72. The van der Waals surface area contributed by atoms with Gasteiger partial charge < -0.3 is 11.5 Å². The summed E-state index contributed by atoms with van der Waals surface area (Å²) in [6, 6.07) is 0.667. The molecule has 2 saturated carbocycles. The van der Waals surface area contributed by atoms with Crippen molar-refractivity contribution < 1.29 is 0 Å². The molecule has 0 atom stereocenters. The molecule has 0 aliphatic heterocycles. The molecule has 23 heavy (non-hydrogen) atoms. The molecule has 0 aromatic heterocycles. The molecule has 0 heterocycles. The van der Waals surface area contributed by atoms with E-state index in [1.807, 2.05) is 6.92 Å². The molecule has 0 bridgehead atoms. The summed E-state index contributed by atoms with van der Waals surface area (Å²) in [5.41, 5.74) is 17.7. The van der Waals surface area contributed by atoms with Crippen molar-refractivity contribution in [3.8, 4) is 0 Å². The van der Waals surface area contributed by atoms with E-state index in [1.54, 1.807) is 6.21 Å². The number of nitrogens with one attached hydrogen (secondary N) is 2. The number of rotatable bonds is 5. The van der Waals surface area contributed by atoms with E-state index in [1.165, 1.54) is 25.7 Å². The molecule has 8 heteroatoms. The second-order valence-corrected chi connectivity index (χ2v) is 6.14. The molecular formula is C15H28N8. The van der Waals surface area contributed by atoms with Gasteiger partial charge in [-0.2, -0.15) is 10.2 Å². The zero-order chi connectivity index (χ0) is 16.5. The SMILES string of the molecule is CC(/C=N/NC(N)=NC1CCCC1)=N\NC(N)=NC1CCCC1. The van der Waals surface area contributed by atoms with Crippen molar-refractivity contribution in [3.05, 3.63) is 0 Å². The average Bonchev–Trinajstić information content (AvgIpc) is 3.19. The zero-order valence-electron chi connectivity index (χ0n) is 13.8. The number of hydrazone groups is 2. The summed E-state index contributed by atoms with van der Waals surface area (Å²) in [5.74, 6) is 0.691. The lowest BCUT2D eigenvalue weighted by Gasteiger charge is -2.05. The van der Waals surface area contributed by atoms with Crippen LogP contribution in [0.15, 0.2) is 20.2 Å². The molecule has 2 aliphatic rings. The highest BCUT2D eigenvalue weighted by molar-refractivity contribution is 6.29. The molecular weight excluding hydrogens is 292 g/mol. The van der Waals surface area contributed by atoms with E-state index in [0.29, 0.717) is 29.7 Å². The number of aliphatic imine (C=N–C) groups is 2. The molecule has 0 spiro atoms. The lowest BCUT2D eigenvalue weighted by molar-refractivity contribution is 0.698. The molecule has 2 fully saturated rings. The van der Waals surface area contributed by atoms with Crippen LogP contribution in [0, 0.1) is 0 Å². The van der Waals surface area contributed by atoms with E-state index in [-0.39, 0.29) is 0 Å². The third kappa shape index (κ3) is 6.66. The van der Waals surface area contributed by atoms with E-state index in [9.17, 15) is 0 Å². The highest BCUT2D eigenvalue weighted by Crippen LogP contribution is 2.21. The molecule has 0 aromatic carbocycles. The van der Waals surface area contributed by atoms with Crippen LogP contribution in [0.25, 0.3) is 0 Å². The molecule has 0 saturated heterocycles. The predicted octanol–water partition coefficient (Wildman–Crippen LogP) is 1.04. The minimum Gasteiger partial charge on any atom is -0.369 e. The summed E-state index contributed by atoms with van der Waals surface area (Å²) in [5, 5.41) is 8.12. The second-order valence-electron chi connectivity index (χ2n) is 6.14. The molecule has 8 nitrogen and oxygen atoms in total. The Morgan fingerprint density at radius 2 is 1.35 bits per heavy atom. The van der Waals surface area contributed by atoms with Crippen molar-refractivity contribution in [2.75, 3.05) is 0 Å². The van der Waals surface area contributed by atoms with Gasteiger partial charge in [-0.15, -0.1) is 0 Å². The topological polar surface area (TPSA) is 126 Å². The molecule has 2 rings (SSSR count). The molecule has 0 aromatic rings. The third-order valence-corrected chi connectivity index (χ3v) is 4.07. The standard InChI is InChI=1S/C15H28N8/c1-11(21-23-15(17)20-13-8-4-5-9-13)10-18-22-14(16)19-12-6-2-3-7-12/h10,12-13H,2-9H2,1H3,(H3,16,19,22)(H3,17,20,23)/b18-10+,21-11+. The molecule has 0 radical (unpaired) electrons. The number of nitrogens with zero attached hydrogens (tertiary/aromatic N) is 4. The summed E-state index contributed by atoms with van der Waals surface area (Å²) in [4.78, 5) is 8.77. The molecule has 2 aliphatic carbocycles. The highest BCUT2D eigenvalue weighted by atomic mass is 15.4. The Kier molecular flexibility index (Phi) is 6.83. The van der Waals surface area contributed by atoms with Crippen LogP contribution in [0.5, 0.6) is 0 Å². The van der Waals surface area contributed by atoms with Gasteiger partial charge in [0, 0.05) is 0 Å². The Hall–Kier alpha value is -2.12. The Morgan fingerprint density at radius 1 is 0.870 bits per heavy atom. The van der Waals surface area contributed by atoms with Gasteiger partial charge in [0.15, 0.2) is 0 Å². The van der Waals surface area contributed by atoms with Crippen molar-refractivity contribution in [1.82, 2.24) is 10.9 Å². The number of hydrogen-bond donors (Lipinski definition) is 4. The monoisotopic (exact) mass is 320 g/mol. The number of nitrogens with two attached hydrogens (primary N) is 2. The van der Waals surface area contributed by atoms with Gasteiger partial charge in [-0.05, 0) is 32.6 Å². The minimum absolute atomic E-state index is 0.333. The summed E-state index contributed by atoms with van der Waals surface area (Å²) < 4.78 is 0. The maximum atomic E-state index is 5.80. The van der Waals surface area contributed by atoms with E-state index >= 15 is 0 Å². The van der Waals surface area contributed by atoms with Gasteiger partial charge in [0.05, 0.1) is 24.0 Å². The Morgan fingerprint density at radius 3 is 1.87 bits per heavy atom. The molecule has 0 amide bonds. The van der Waals surface area contributed by atoms with Crippen LogP contribution in [-0.4, -0.2) is 35.9 Å². The zero-order valence-corrected chi connectivity index (χ0v) is 13.8. The first-order valence-corrected chi connectivity index (χ1v) is 8.39. The van der Waals surface area contributed by atoms with Gasteiger partial charge in [0.2, 0.25) is 11.9 Å². The third-order valence-electron chi connectivity index (χ3n) is 4.07. The molecule has 6 N–H and O–H groups in total. The fraction of sp³-hybridized carbons (Fsp3) is 0.733. The van der Waals surface area contributed by atoms with Crippen LogP contribution < -0.4 is 22.3 Å². The Bertz CT molecular complexity index is 482. The van der Waals surface area contributed by atoms with E-state index in [4.69, 9.17) is 11.5 Å². The number of hydrogen-bond acceptors (Lipinski definition) is 4. The fourth-order valence-electron chi connectivity index (χ4n) is 2.88. The summed E-state index contributed by atoms with van der Waals surface area (Å²) in [7, 11) is 0. The van der Waals surface area contributed by atoms with Gasteiger partial charge in [0.25, 0.3) is 0 Å². The quantitative estimate of drug-likeness (QED) is 0.343. The first-order valence-electron chi connectivity index (χ1n) is 8.39. The van der Waals surface area contributed by atoms with E-state index in [2.05, 4.69) is 31.0 Å². The van der Waals surface area contributed by atoms with Gasteiger partial charge >= 0.3 is 0 Å². The van der Waals surface area contributed by atoms with Gasteiger partial charge in [-0.25, -0.2) is 20.8 Å². The summed E-state index contributed by atoms with van der Waals surface area (Å²) in [6.45, 7) is 1.81. The van der Waals surface area contributed by atoms with Crippen molar-refractivity contribution >= 4 is 23.8 Å². The normalized spacial score (nSPS) is 22.2. The summed E-state index contributed by atoms with van der Waals surface area (Å²) in [6.07, 6.45) is 10.9. The first-order chi connectivity index (χ1) is 11.1. The number of guanidine groups is 2. The van der Waals surface area contributed by atoms with Crippen molar-refractivity contribution in [2.24, 2.45) is 31.7 Å². The average molecular weight is 320 g/mol. The highest BCUT2D eigenvalue weighted by Gasteiger charge is 2.14.